The minimum atomic E-state index is 0.888. The Hall–Kier alpha value is -4.21. The molecular formula is C31H19NOS. The first-order chi connectivity index (χ1) is 16.9. The number of hydrogen-bond acceptors (Lipinski definition) is 3. The predicted molar refractivity (Wildman–Crippen MR) is 143 cm³/mol. The van der Waals surface area contributed by atoms with Crippen molar-refractivity contribution in [1.82, 2.24) is 4.98 Å². The van der Waals surface area contributed by atoms with Gasteiger partial charge in [0, 0.05) is 32.2 Å². The molecule has 0 aliphatic rings. The molecule has 0 bridgehead atoms. The van der Waals surface area contributed by atoms with Gasteiger partial charge < -0.3 is 4.42 Å². The molecule has 0 spiro atoms. The third-order valence-electron chi connectivity index (χ3n) is 6.33. The van der Waals surface area contributed by atoms with Crippen LogP contribution in [0, 0.1) is 0 Å². The van der Waals surface area contributed by atoms with Crippen LogP contribution in [-0.2, 0) is 0 Å². The summed E-state index contributed by atoms with van der Waals surface area (Å²) in [6.45, 7) is 0. The molecule has 0 saturated carbocycles. The van der Waals surface area contributed by atoms with Crippen LogP contribution < -0.4 is 0 Å². The van der Waals surface area contributed by atoms with Crippen LogP contribution in [0.15, 0.2) is 120 Å². The molecule has 0 unspecified atom stereocenters. The van der Waals surface area contributed by atoms with Gasteiger partial charge in [-0.25, -0.2) is 4.98 Å². The zero-order valence-corrected chi connectivity index (χ0v) is 19.0. The summed E-state index contributed by atoms with van der Waals surface area (Å²) in [6, 6.07) is 40.0. The van der Waals surface area contributed by atoms with Crippen molar-refractivity contribution in [3.63, 3.8) is 0 Å². The van der Waals surface area contributed by atoms with Gasteiger partial charge in [0.05, 0.1) is 5.69 Å². The lowest BCUT2D eigenvalue weighted by Gasteiger charge is -2.06. The fraction of sp³-hybridized carbons (Fsp3) is 0. The summed E-state index contributed by atoms with van der Waals surface area (Å²) in [7, 11) is 0. The summed E-state index contributed by atoms with van der Waals surface area (Å²) in [4.78, 5) is 7.43. The van der Waals surface area contributed by atoms with E-state index in [-0.39, 0.29) is 0 Å². The number of thiophene rings is 1. The van der Waals surface area contributed by atoms with E-state index >= 15 is 0 Å². The first kappa shape index (κ1) is 19.3. The summed E-state index contributed by atoms with van der Waals surface area (Å²) in [5.41, 5.74) is 7.40. The van der Waals surface area contributed by atoms with Crippen LogP contribution in [0.1, 0.15) is 0 Å². The van der Waals surface area contributed by atoms with Gasteiger partial charge in [-0.2, -0.15) is 0 Å². The van der Waals surface area contributed by atoms with Gasteiger partial charge in [-0.3, -0.25) is 0 Å². The van der Waals surface area contributed by atoms with Crippen molar-refractivity contribution in [2.24, 2.45) is 0 Å². The molecule has 0 aliphatic heterocycles. The molecule has 0 N–H and O–H groups in total. The third-order valence-corrected chi connectivity index (χ3v) is 7.48. The SMILES string of the molecule is c1ccc(-c2sc3nc(-c4cccc5c4oc4ccccc45)ccc3c2-c2ccccc2)cc1. The average Bonchev–Trinajstić information content (AvgIpc) is 3.48. The van der Waals surface area contributed by atoms with E-state index in [0.717, 1.165) is 38.0 Å². The van der Waals surface area contributed by atoms with E-state index in [1.807, 2.05) is 12.1 Å². The second-order valence-electron chi connectivity index (χ2n) is 8.37. The van der Waals surface area contributed by atoms with Crippen LogP contribution in [0.4, 0.5) is 0 Å². The smallest absolute Gasteiger partial charge is 0.144 e. The van der Waals surface area contributed by atoms with E-state index < -0.39 is 0 Å². The fourth-order valence-corrected chi connectivity index (χ4v) is 5.96. The summed E-state index contributed by atoms with van der Waals surface area (Å²) in [6.07, 6.45) is 0. The van der Waals surface area contributed by atoms with Gasteiger partial charge in [0.1, 0.15) is 16.0 Å². The summed E-state index contributed by atoms with van der Waals surface area (Å²) in [5, 5.41) is 3.43. The number of aromatic nitrogens is 1. The van der Waals surface area contributed by atoms with Gasteiger partial charge >= 0.3 is 0 Å². The number of rotatable bonds is 3. The maximum atomic E-state index is 6.28. The van der Waals surface area contributed by atoms with Gasteiger partial charge in [0.2, 0.25) is 0 Å². The first-order valence-electron chi connectivity index (χ1n) is 11.3. The first-order valence-corrected chi connectivity index (χ1v) is 12.1. The molecule has 34 heavy (non-hydrogen) atoms. The second kappa shape index (κ2) is 7.68. The molecule has 0 radical (unpaired) electrons. The largest absolute Gasteiger partial charge is 0.455 e. The highest BCUT2D eigenvalue weighted by atomic mass is 32.1. The molecule has 0 aliphatic carbocycles. The van der Waals surface area contributed by atoms with E-state index in [2.05, 4.69) is 103 Å². The van der Waals surface area contributed by atoms with Crippen molar-refractivity contribution in [3.05, 3.63) is 115 Å². The zero-order valence-electron chi connectivity index (χ0n) is 18.2. The fourth-order valence-electron chi connectivity index (χ4n) is 4.76. The Morgan fingerprint density at radius 1 is 0.559 bits per heavy atom. The molecule has 3 heterocycles. The molecule has 7 aromatic rings. The standard InChI is InChI=1S/C31H19NOS/c1-3-10-20(11-4-1)28-25-18-19-26(32-31(25)34-30(28)21-12-5-2-6-13-21)24-16-9-15-23-22-14-7-8-17-27(22)33-29(23)24/h1-19H. The number of pyridine rings is 1. The van der Waals surface area contributed by atoms with Gasteiger partial charge in [0.25, 0.3) is 0 Å². The average molecular weight is 454 g/mol. The molecule has 4 aromatic carbocycles. The summed E-state index contributed by atoms with van der Waals surface area (Å²) in [5.74, 6) is 0. The Bertz CT molecular complexity index is 1800. The highest BCUT2D eigenvalue weighted by Crippen LogP contribution is 2.45. The van der Waals surface area contributed by atoms with Crippen LogP contribution in [-0.4, -0.2) is 4.98 Å². The minimum absolute atomic E-state index is 0.888. The Kier molecular flexibility index (Phi) is 4.36. The minimum Gasteiger partial charge on any atom is -0.455 e. The highest BCUT2D eigenvalue weighted by molar-refractivity contribution is 7.22. The molecule has 0 amide bonds. The van der Waals surface area contributed by atoms with Gasteiger partial charge in [-0.05, 0) is 35.4 Å². The van der Waals surface area contributed by atoms with Crippen LogP contribution in [0.2, 0.25) is 0 Å². The molecular weight excluding hydrogens is 434 g/mol. The topological polar surface area (TPSA) is 26.0 Å². The van der Waals surface area contributed by atoms with Crippen LogP contribution in [0.3, 0.4) is 0 Å². The highest BCUT2D eigenvalue weighted by Gasteiger charge is 2.18. The van der Waals surface area contributed by atoms with Crippen molar-refractivity contribution < 1.29 is 4.42 Å². The molecule has 2 nitrogen and oxygen atoms in total. The van der Waals surface area contributed by atoms with Crippen LogP contribution >= 0.6 is 11.3 Å². The molecule has 3 aromatic heterocycles. The van der Waals surface area contributed by atoms with E-state index in [4.69, 9.17) is 9.40 Å². The van der Waals surface area contributed by atoms with Crippen molar-refractivity contribution >= 4 is 43.5 Å². The van der Waals surface area contributed by atoms with E-state index in [9.17, 15) is 0 Å². The lowest BCUT2D eigenvalue weighted by atomic mass is 9.99. The Balaban J connectivity index is 1.48. The van der Waals surface area contributed by atoms with Gasteiger partial charge in [0.15, 0.2) is 0 Å². The summed E-state index contributed by atoms with van der Waals surface area (Å²) < 4.78 is 6.28. The number of para-hydroxylation sites is 2. The molecule has 0 atom stereocenters. The number of fused-ring (bicyclic) bond motifs is 4. The third kappa shape index (κ3) is 2.98. The Morgan fingerprint density at radius 3 is 2.09 bits per heavy atom. The van der Waals surface area contributed by atoms with Crippen molar-refractivity contribution in [1.29, 1.82) is 0 Å². The summed E-state index contributed by atoms with van der Waals surface area (Å²) >= 11 is 1.75. The monoisotopic (exact) mass is 453 g/mol. The molecule has 0 fully saturated rings. The molecule has 160 valence electrons. The van der Waals surface area contributed by atoms with Crippen LogP contribution in [0.5, 0.6) is 0 Å². The van der Waals surface area contributed by atoms with E-state index in [0.29, 0.717) is 0 Å². The number of hydrogen-bond donors (Lipinski definition) is 0. The van der Waals surface area contributed by atoms with Crippen molar-refractivity contribution in [3.8, 4) is 32.8 Å². The maximum absolute atomic E-state index is 6.28. The van der Waals surface area contributed by atoms with Crippen molar-refractivity contribution in [2.75, 3.05) is 0 Å². The number of furan rings is 1. The number of nitrogens with zero attached hydrogens (tertiary/aromatic N) is 1. The number of benzene rings is 4. The lowest BCUT2D eigenvalue weighted by Crippen LogP contribution is -1.85. The second-order valence-corrected chi connectivity index (χ2v) is 9.37. The lowest BCUT2D eigenvalue weighted by molar-refractivity contribution is 0.670. The molecule has 7 rings (SSSR count). The Morgan fingerprint density at radius 2 is 1.26 bits per heavy atom. The zero-order chi connectivity index (χ0) is 22.5. The van der Waals surface area contributed by atoms with E-state index in [1.54, 1.807) is 11.3 Å². The Labute approximate surface area is 200 Å². The predicted octanol–water partition coefficient (Wildman–Crippen LogP) is 9.20. The van der Waals surface area contributed by atoms with Crippen LogP contribution in [0.25, 0.3) is 65.0 Å². The van der Waals surface area contributed by atoms with Crippen molar-refractivity contribution in [2.45, 2.75) is 0 Å². The normalized spacial score (nSPS) is 11.5. The van der Waals surface area contributed by atoms with E-state index in [1.165, 1.54) is 27.0 Å². The molecule has 0 saturated heterocycles. The maximum Gasteiger partial charge on any atom is 0.144 e. The molecule has 3 heteroatoms. The van der Waals surface area contributed by atoms with Gasteiger partial charge in [-0.15, -0.1) is 11.3 Å². The quantitative estimate of drug-likeness (QED) is 0.266. The van der Waals surface area contributed by atoms with Gasteiger partial charge in [-0.1, -0.05) is 91.0 Å².